The highest BCUT2D eigenvalue weighted by molar-refractivity contribution is 5.87. The molecule has 0 aliphatic heterocycles. The molecule has 0 heterocycles. The van der Waals surface area contributed by atoms with Crippen molar-refractivity contribution in [3.63, 3.8) is 0 Å². The van der Waals surface area contributed by atoms with E-state index >= 15 is 0 Å². The fraction of sp³-hybridized carbons (Fsp3) is 0.929. The fourth-order valence-electron chi connectivity index (χ4n) is 2.55. The molecule has 94 valence electrons. The summed E-state index contributed by atoms with van der Waals surface area (Å²) in [4.78, 5) is 12.4. The highest BCUT2D eigenvalue weighted by Gasteiger charge is 2.39. The van der Waals surface area contributed by atoms with Crippen molar-refractivity contribution >= 4 is 5.78 Å². The Labute approximate surface area is 99.8 Å². The Morgan fingerprint density at radius 3 is 2.38 bits per heavy atom. The van der Waals surface area contributed by atoms with E-state index in [-0.39, 0.29) is 0 Å². The van der Waals surface area contributed by atoms with Crippen LogP contribution in [0.1, 0.15) is 65.7 Å². The fourth-order valence-corrected chi connectivity index (χ4v) is 2.55. The second-order valence-electron chi connectivity index (χ2n) is 5.13. The van der Waals surface area contributed by atoms with Gasteiger partial charge in [-0.2, -0.15) is 0 Å². The quantitative estimate of drug-likeness (QED) is 0.689. The van der Waals surface area contributed by atoms with E-state index in [0.717, 1.165) is 32.1 Å². The van der Waals surface area contributed by atoms with Gasteiger partial charge in [0.25, 0.3) is 0 Å². The molecular formula is C14H26O2. The van der Waals surface area contributed by atoms with E-state index in [9.17, 15) is 4.79 Å². The average molecular weight is 226 g/mol. The van der Waals surface area contributed by atoms with Gasteiger partial charge in [0.2, 0.25) is 0 Å². The van der Waals surface area contributed by atoms with E-state index in [4.69, 9.17) is 4.74 Å². The lowest BCUT2D eigenvalue weighted by Crippen LogP contribution is -2.44. The summed E-state index contributed by atoms with van der Waals surface area (Å²) >= 11 is 0. The van der Waals surface area contributed by atoms with Crippen LogP contribution in [-0.4, -0.2) is 18.0 Å². The number of rotatable bonds is 6. The third kappa shape index (κ3) is 3.31. The molecule has 0 N–H and O–H groups in total. The molecule has 1 aliphatic rings. The molecule has 1 aliphatic carbocycles. The van der Waals surface area contributed by atoms with E-state index in [1.165, 1.54) is 6.42 Å². The lowest BCUT2D eigenvalue weighted by Gasteiger charge is -2.36. The molecule has 0 saturated heterocycles. The van der Waals surface area contributed by atoms with Crippen LogP contribution in [0.5, 0.6) is 0 Å². The molecule has 0 amide bonds. The minimum Gasteiger partial charge on any atom is -0.368 e. The molecule has 1 saturated carbocycles. The molecule has 0 bridgehead atoms. The third-order valence-corrected chi connectivity index (χ3v) is 3.82. The van der Waals surface area contributed by atoms with Gasteiger partial charge in [0, 0.05) is 13.0 Å². The highest BCUT2D eigenvalue weighted by atomic mass is 16.5. The molecule has 2 heteroatoms. The lowest BCUT2D eigenvalue weighted by molar-refractivity contribution is -0.149. The molecule has 0 aromatic rings. The summed E-state index contributed by atoms with van der Waals surface area (Å²) in [6.45, 7) is 6.95. The van der Waals surface area contributed by atoms with Crippen LogP contribution in [0.2, 0.25) is 0 Å². The first-order chi connectivity index (χ1) is 7.64. The van der Waals surface area contributed by atoms with Crippen LogP contribution < -0.4 is 0 Å². The van der Waals surface area contributed by atoms with Crippen LogP contribution in [0.4, 0.5) is 0 Å². The maximum absolute atomic E-state index is 12.4. The monoisotopic (exact) mass is 226 g/mol. The molecular weight excluding hydrogens is 200 g/mol. The number of carbonyl (C=O) groups excluding carboxylic acids is 1. The van der Waals surface area contributed by atoms with Gasteiger partial charge in [0.15, 0.2) is 5.78 Å². The smallest absolute Gasteiger partial charge is 0.164 e. The number of carbonyl (C=O) groups is 1. The van der Waals surface area contributed by atoms with Gasteiger partial charge in [-0.1, -0.05) is 39.5 Å². The first-order valence-electron chi connectivity index (χ1n) is 6.82. The van der Waals surface area contributed by atoms with Gasteiger partial charge in [-0.3, -0.25) is 4.79 Å². The summed E-state index contributed by atoms with van der Waals surface area (Å²) in [5.74, 6) is 0.843. The Morgan fingerprint density at radius 2 is 1.88 bits per heavy atom. The van der Waals surface area contributed by atoms with Crippen molar-refractivity contribution in [2.45, 2.75) is 71.3 Å². The average Bonchev–Trinajstić information content (AvgIpc) is 2.30. The molecule has 1 unspecified atom stereocenters. The van der Waals surface area contributed by atoms with E-state index in [2.05, 4.69) is 13.8 Å². The van der Waals surface area contributed by atoms with Gasteiger partial charge in [-0.05, 0) is 25.7 Å². The number of ketones is 1. The van der Waals surface area contributed by atoms with Gasteiger partial charge in [0.1, 0.15) is 5.60 Å². The summed E-state index contributed by atoms with van der Waals surface area (Å²) in [7, 11) is 0. The normalized spacial score (nSPS) is 21.7. The summed E-state index contributed by atoms with van der Waals surface area (Å²) in [5.41, 5.74) is -0.420. The van der Waals surface area contributed by atoms with E-state index in [0.29, 0.717) is 24.7 Å². The number of Topliss-reactive ketones (excluding diaryl/α,β-unsaturated/α-hetero) is 1. The minimum atomic E-state index is -0.420. The topological polar surface area (TPSA) is 26.3 Å². The third-order valence-electron chi connectivity index (χ3n) is 3.82. The van der Waals surface area contributed by atoms with Crippen LogP contribution in [0.25, 0.3) is 0 Å². The van der Waals surface area contributed by atoms with Crippen LogP contribution in [-0.2, 0) is 9.53 Å². The van der Waals surface area contributed by atoms with Crippen molar-refractivity contribution in [2.24, 2.45) is 5.92 Å². The second kappa shape index (κ2) is 6.39. The minimum absolute atomic E-state index is 0.350. The molecule has 2 nitrogen and oxygen atoms in total. The van der Waals surface area contributed by atoms with Gasteiger partial charge >= 0.3 is 0 Å². The van der Waals surface area contributed by atoms with Gasteiger partial charge in [0.05, 0.1) is 0 Å². The zero-order valence-electron chi connectivity index (χ0n) is 11.1. The summed E-state index contributed by atoms with van der Waals surface area (Å²) in [6.07, 6.45) is 7.20. The van der Waals surface area contributed by atoms with Crippen molar-refractivity contribution < 1.29 is 9.53 Å². The summed E-state index contributed by atoms with van der Waals surface area (Å²) in [6, 6.07) is 0. The van der Waals surface area contributed by atoms with Crippen LogP contribution in [0.3, 0.4) is 0 Å². The van der Waals surface area contributed by atoms with Crippen LogP contribution in [0, 0.1) is 5.92 Å². The number of ether oxygens (including phenoxy) is 1. The molecule has 16 heavy (non-hydrogen) atoms. The second-order valence-corrected chi connectivity index (χ2v) is 5.13. The Morgan fingerprint density at radius 1 is 1.25 bits per heavy atom. The predicted molar refractivity (Wildman–Crippen MR) is 66.5 cm³/mol. The SMILES string of the molecule is CCOC1(C(=O)CC(C)CC)CCCCC1. The van der Waals surface area contributed by atoms with Crippen LogP contribution >= 0.6 is 0 Å². The Kier molecular flexibility index (Phi) is 5.47. The molecule has 0 aromatic carbocycles. The zero-order chi connectivity index (χ0) is 12.0. The largest absolute Gasteiger partial charge is 0.368 e. The number of hydrogen-bond donors (Lipinski definition) is 0. The first-order valence-corrected chi connectivity index (χ1v) is 6.82. The highest BCUT2D eigenvalue weighted by Crippen LogP contribution is 2.34. The summed E-state index contributed by atoms with van der Waals surface area (Å²) in [5, 5.41) is 0. The Bertz CT molecular complexity index is 211. The van der Waals surface area contributed by atoms with Crippen molar-refractivity contribution in [1.82, 2.24) is 0 Å². The van der Waals surface area contributed by atoms with E-state index < -0.39 is 5.60 Å². The van der Waals surface area contributed by atoms with Crippen molar-refractivity contribution in [3.8, 4) is 0 Å². The van der Waals surface area contributed by atoms with E-state index in [1.807, 2.05) is 6.92 Å². The van der Waals surface area contributed by atoms with Crippen molar-refractivity contribution in [1.29, 1.82) is 0 Å². The maximum Gasteiger partial charge on any atom is 0.164 e. The molecule has 0 radical (unpaired) electrons. The number of hydrogen-bond acceptors (Lipinski definition) is 2. The molecule has 0 aromatic heterocycles. The van der Waals surface area contributed by atoms with Gasteiger partial charge in [-0.25, -0.2) is 0 Å². The van der Waals surface area contributed by atoms with Crippen molar-refractivity contribution in [2.75, 3.05) is 6.61 Å². The summed E-state index contributed by atoms with van der Waals surface area (Å²) < 4.78 is 5.83. The molecule has 1 atom stereocenters. The Balaban J connectivity index is 2.64. The molecule has 1 fully saturated rings. The van der Waals surface area contributed by atoms with E-state index in [1.54, 1.807) is 0 Å². The first kappa shape index (κ1) is 13.7. The van der Waals surface area contributed by atoms with Crippen molar-refractivity contribution in [3.05, 3.63) is 0 Å². The molecule has 1 rings (SSSR count). The van der Waals surface area contributed by atoms with Crippen LogP contribution in [0.15, 0.2) is 0 Å². The maximum atomic E-state index is 12.4. The Hall–Kier alpha value is -0.370. The zero-order valence-corrected chi connectivity index (χ0v) is 11.1. The molecule has 0 spiro atoms. The lowest BCUT2D eigenvalue weighted by atomic mass is 9.78. The predicted octanol–water partition coefficient (Wildman–Crippen LogP) is 3.73. The van der Waals surface area contributed by atoms with Gasteiger partial charge in [-0.15, -0.1) is 0 Å². The van der Waals surface area contributed by atoms with Gasteiger partial charge < -0.3 is 4.74 Å². The standard InChI is InChI=1S/C14H26O2/c1-4-12(3)11-13(15)14(16-5-2)9-7-6-8-10-14/h12H,4-11H2,1-3H3.